The van der Waals surface area contributed by atoms with Gasteiger partial charge in [-0.15, -0.1) is 0 Å². The van der Waals surface area contributed by atoms with Gasteiger partial charge in [0.2, 0.25) is 0 Å². The zero-order valence-electron chi connectivity index (χ0n) is 19.5. The van der Waals surface area contributed by atoms with Crippen LogP contribution in [0.1, 0.15) is 33.3 Å². The lowest BCUT2D eigenvalue weighted by atomic mass is 10.2. The highest BCUT2D eigenvalue weighted by molar-refractivity contribution is 5.96. The first kappa shape index (κ1) is 27.0. The quantitative estimate of drug-likeness (QED) is 0.331. The topological polar surface area (TPSA) is 132 Å². The van der Waals surface area contributed by atoms with E-state index in [1.165, 1.54) is 24.3 Å². The number of nitrogens with zero attached hydrogens (tertiary/aromatic N) is 2. The normalized spacial score (nSPS) is 11.0. The van der Waals surface area contributed by atoms with E-state index in [0.29, 0.717) is 17.9 Å². The van der Waals surface area contributed by atoms with Gasteiger partial charge in [-0.25, -0.2) is 9.48 Å². The number of benzene rings is 2. The second-order valence-corrected chi connectivity index (χ2v) is 7.48. The molecule has 3 aromatic rings. The second-order valence-electron chi connectivity index (χ2n) is 7.48. The lowest BCUT2D eigenvalue weighted by Gasteiger charge is -2.09. The molecule has 1 heterocycles. The van der Waals surface area contributed by atoms with Crippen LogP contribution in [0.5, 0.6) is 11.5 Å². The number of halogens is 3. The molecular formula is C24H23F3N4O6. The number of hydrogen-bond donors (Lipinski definition) is 3. The Morgan fingerprint density at radius 1 is 0.973 bits per heavy atom. The molecule has 0 aliphatic carbocycles. The summed E-state index contributed by atoms with van der Waals surface area (Å²) in [6.07, 6.45) is -4.01. The molecule has 0 unspecified atom stereocenters. The van der Waals surface area contributed by atoms with Crippen LogP contribution in [-0.4, -0.2) is 59.0 Å². The van der Waals surface area contributed by atoms with Gasteiger partial charge in [0.25, 0.3) is 11.8 Å². The highest BCUT2D eigenvalue weighted by Crippen LogP contribution is 2.31. The summed E-state index contributed by atoms with van der Waals surface area (Å²) in [5, 5.41) is 17.1. The first-order valence-electron chi connectivity index (χ1n) is 11.0. The third-order valence-corrected chi connectivity index (χ3v) is 4.80. The van der Waals surface area contributed by atoms with Gasteiger partial charge in [0, 0.05) is 30.9 Å². The number of rotatable bonds is 11. The fourth-order valence-electron chi connectivity index (χ4n) is 3.16. The van der Waals surface area contributed by atoms with Crippen molar-refractivity contribution in [2.45, 2.75) is 13.1 Å². The van der Waals surface area contributed by atoms with Gasteiger partial charge in [0.05, 0.1) is 17.9 Å². The van der Waals surface area contributed by atoms with Gasteiger partial charge in [-0.05, 0) is 43.3 Å². The molecule has 13 heteroatoms. The number of carbonyl (C=O) groups excluding carboxylic acids is 2. The monoisotopic (exact) mass is 520 g/mol. The van der Waals surface area contributed by atoms with Crippen molar-refractivity contribution in [1.29, 1.82) is 0 Å². The fourth-order valence-corrected chi connectivity index (χ4v) is 3.16. The van der Waals surface area contributed by atoms with Gasteiger partial charge in [0.1, 0.15) is 11.5 Å². The zero-order chi connectivity index (χ0) is 27.0. The van der Waals surface area contributed by atoms with Crippen LogP contribution in [0.25, 0.3) is 5.69 Å². The van der Waals surface area contributed by atoms with Crippen molar-refractivity contribution in [3.05, 3.63) is 71.5 Å². The summed E-state index contributed by atoms with van der Waals surface area (Å²) in [7, 11) is 0. The fraction of sp³-hybridized carbons (Fsp3) is 0.250. The Labute approximate surface area is 209 Å². The Morgan fingerprint density at radius 2 is 1.65 bits per heavy atom. The molecule has 3 rings (SSSR count). The number of ether oxygens (including phenoxy) is 2. The van der Waals surface area contributed by atoms with Crippen LogP contribution in [0.2, 0.25) is 0 Å². The van der Waals surface area contributed by atoms with Crippen LogP contribution in [0.4, 0.5) is 13.2 Å². The summed E-state index contributed by atoms with van der Waals surface area (Å²) in [5.41, 5.74) is -1.65. The number of nitrogens with one attached hydrogen (secondary N) is 2. The Hall–Kier alpha value is -4.55. The van der Waals surface area contributed by atoms with E-state index < -0.39 is 41.8 Å². The first-order valence-corrected chi connectivity index (χ1v) is 11.0. The van der Waals surface area contributed by atoms with Gasteiger partial charge in [-0.2, -0.15) is 18.3 Å². The molecule has 0 saturated carbocycles. The van der Waals surface area contributed by atoms with Gasteiger partial charge in [-0.1, -0.05) is 6.07 Å². The van der Waals surface area contributed by atoms with Crippen molar-refractivity contribution in [3.63, 3.8) is 0 Å². The van der Waals surface area contributed by atoms with E-state index in [-0.39, 0.29) is 24.5 Å². The van der Waals surface area contributed by atoms with Crippen molar-refractivity contribution in [1.82, 2.24) is 20.4 Å². The Morgan fingerprint density at radius 3 is 2.27 bits per heavy atom. The van der Waals surface area contributed by atoms with Crippen molar-refractivity contribution in [3.8, 4) is 17.2 Å². The van der Waals surface area contributed by atoms with Crippen LogP contribution in [0.15, 0.2) is 54.7 Å². The number of amides is 2. The summed E-state index contributed by atoms with van der Waals surface area (Å²) in [5.74, 6) is -1.98. The molecule has 196 valence electrons. The van der Waals surface area contributed by atoms with E-state index in [0.717, 1.165) is 10.9 Å². The lowest BCUT2D eigenvalue weighted by Crippen LogP contribution is -2.35. The minimum atomic E-state index is -4.92. The highest BCUT2D eigenvalue weighted by Gasteiger charge is 2.39. The predicted octanol–water partition coefficient (Wildman–Crippen LogP) is 2.91. The van der Waals surface area contributed by atoms with E-state index in [1.54, 1.807) is 24.3 Å². The van der Waals surface area contributed by atoms with Crippen LogP contribution in [0.3, 0.4) is 0 Å². The molecule has 0 saturated heterocycles. The zero-order valence-corrected chi connectivity index (χ0v) is 19.5. The predicted molar refractivity (Wildman–Crippen MR) is 124 cm³/mol. The third-order valence-electron chi connectivity index (χ3n) is 4.80. The number of aromatic nitrogens is 2. The molecular weight excluding hydrogens is 497 g/mol. The molecule has 0 radical (unpaired) electrons. The minimum absolute atomic E-state index is 0.0315. The van der Waals surface area contributed by atoms with Crippen LogP contribution < -0.4 is 20.1 Å². The van der Waals surface area contributed by atoms with Crippen LogP contribution >= 0.6 is 0 Å². The first-order chi connectivity index (χ1) is 17.6. The molecule has 0 aliphatic rings. The molecule has 0 atom stereocenters. The molecule has 0 fully saturated rings. The average molecular weight is 520 g/mol. The highest BCUT2D eigenvalue weighted by atomic mass is 19.4. The van der Waals surface area contributed by atoms with Crippen molar-refractivity contribution >= 4 is 17.8 Å². The number of alkyl halides is 3. The van der Waals surface area contributed by atoms with E-state index in [2.05, 4.69) is 15.7 Å². The average Bonchev–Trinajstić information content (AvgIpc) is 3.33. The van der Waals surface area contributed by atoms with Crippen molar-refractivity contribution in [2.75, 3.05) is 26.3 Å². The molecule has 3 N–H and O–H groups in total. The van der Waals surface area contributed by atoms with Gasteiger partial charge < -0.3 is 25.2 Å². The SMILES string of the molecule is CCOc1ccc(C(=O)NCCNC(=O)c2cn(-c3cccc(OCC(=O)O)c3)nc2C(F)(F)F)cc1. The maximum absolute atomic E-state index is 13.6. The molecule has 0 spiro atoms. The number of aliphatic carboxylic acids is 1. The second kappa shape index (κ2) is 11.9. The minimum Gasteiger partial charge on any atom is -0.494 e. The number of carboxylic acid groups (broad SMARTS) is 1. The van der Waals surface area contributed by atoms with Crippen molar-refractivity contribution in [2.24, 2.45) is 0 Å². The lowest BCUT2D eigenvalue weighted by molar-refractivity contribution is -0.142. The smallest absolute Gasteiger partial charge is 0.435 e. The molecule has 0 bridgehead atoms. The van der Waals surface area contributed by atoms with Gasteiger partial charge in [0.15, 0.2) is 12.3 Å². The largest absolute Gasteiger partial charge is 0.494 e. The Balaban J connectivity index is 1.65. The summed E-state index contributed by atoms with van der Waals surface area (Å²) in [6, 6.07) is 11.9. The Bertz CT molecular complexity index is 1260. The molecule has 0 aliphatic heterocycles. The maximum Gasteiger partial charge on any atom is 0.435 e. The Kier molecular flexibility index (Phi) is 8.72. The number of carbonyl (C=O) groups is 3. The van der Waals surface area contributed by atoms with E-state index in [1.807, 2.05) is 6.92 Å². The van der Waals surface area contributed by atoms with Crippen LogP contribution in [0, 0.1) is 0 Å². The summed E-state index contributed by atoms with van der Waals surface area (Å²) in [6.45, 7) is 1.50. The van der Waals surface area contributed by atoms with Gasteiger partial charge in [-0.3, -0.25) is 9.59 Å². The summed E-state index contributed by atoms with van der Waals surface area (Å²) in [4.78, 5) is 35.4. The van der Waals surface area contributed by atoms with Crippen LogP contribution in [-0.2, 0) is 11.0 Å². The molecule has 37 heavy (non-hydrogen) atoms. The van der Waals surface area contributed by atoms with E-state index in [9.17, 15) is 27.6 Å². The number of hydrogen-bond acceptors (Lipinski definition) is 6. The van der Waals surface area contributed by atoms with E-state index in [4.69, 9.17) is 14.6 Å². The molecule has 1 aromatic heterocycles. The van der Waals surface area contributed by atoms with Gasteiger partial charge >= 0.3 is 12.1 Å². The summed E-state index contributed by atoms with van der Waals surface area (Å²) < 4.78 is 51.9. The third kappa shape index (κ3) is 7.46. The van der Waals surface area contributed by atoms with E-state index >= 15 is 0 Å². The standard InChI is InChI=1S/C24H23F3N4O6/c1-2-36-17-8-6-15(7-9-17)22(34)28-10-11-29-23(35)19-13-31(30-21(19)24(25,26)27)16-4-3-5-18(12-16)37-14-20(32)33/h3-9,12-13H,2,10-11,14H2,1H3,(H,28,34)(H,29,35)(H,32,33). The molecule has 10 nitrogen and oxygen atoms in total. The maximum atomic E-state index is 13.6. The summed E-state index contributed by atoms with van der Waals surface area (Å²) >= 11 is 0. The number of carboxylic acids is 1. The molecule has 2 aromatic carbocycles. The molecule has 2 amide bonds. The van der Waals surface area contributed by atoms with Crippen molar-refractivity contribution < 1.29 is 42.1 Å².